The monoisotopic (exact) mass is 321 g/mol. The standard InChI is InChI=1S/C18H19N5O/c1-13-5-3-4-6-16(13)22-18(24)20-10-14-7-8-17(19-9-14)15-11-21-23(2)12-15/h3-9,11-12H,10H2,1-2H3,(H2,20,22,24). The second-order valence-electron chi connectivity index (χ2n) is 5.58. The number of aryl methyl sites for hydroxylation is 2. The Bertz CT molecular complexity index is 839. The minimum atomic E-state index is -0.236. The molecule has 2 heterocycles. The van der Waals surface area contributed by atoms with Crippen LogP contribution in [0, 0.1) is 6.92 Å². The van der Waals surface area contributed by atoms with Gasteiger partial charge in [-0.1, -0.05) is 24.3 Å². The van der Waals surface area contributed by atoms with Crippen molar-refractivity contribution in [1.29, 1.82) is 0 Å². The van der Waals surface area contributed by atoms with E-state index in [-0.39, 0.29) is 6.03 Å². The number of hydrogen-bond acceptors (Lipinski definition) is 3. The van der Waals surface area contributed by atoms with E-state index in [4.69, 9.17) is 0 Å². The first-order chi connectivity index (χ1) is 11.6. The van der Waals surface area contributed by atoms with Crippen molar-refractivity contribution in [2.24, 2.45) is 7.05 Å². The minimum Gasteiger partial charge on any atom is -0.334 e. The molecule has 2 N–H and O–H groups in total. The number of rotatable bonds is 4. The van der Waals surface area contributed by atoms with E-state index < -0.39 is 0 Å². The molecule has 0 aliphatic heterocycles. The van der Waals surface area contributed by atoms with Crippen LogP contribution >= 0.6 is 0 Å². The fourth-order valence-electron chi connectivity index (χ4n) is 2.32. The molecule has 0 radical (unpaired) electrons. The highest BCUT2D eigenvalue weighted by Gasteiger charge is 2.05. The van der Waals surface area contributed by atoms with E-state index in [0.717, 1.165) is 28.1 Å². The molecule has 122 valence electrons. The lowest BCUT2D eigenvalue weighted by Crippen LogP contribution is -2.28. The van der Waals surface area contributed by atoms with Gasteiger partial charge in [0.05, 0.1) is 11.9 Å². The lowest BCUT2D eigenvalue weighted by atomic mass is 10.2. The molecule has 0 saturated carbocycles. The van der Waals surface area contributed by atoms with Crippen LogP contribution in [0.15, 0.2) is 55.0 Å². The zero-order valence-electron chi connectivity index (χ0n) is 13.7. The normalized spacial score (nSPS) is 10.4. The quantitative estimate of drug-likeness (QED) is 0.775. The van der Waals surface area contributed by atoms with Gasteiger partial charge in [0.1, 0.15) is 0 Å². The first-order valence-electron chi connectivity index (χ1n) is 7.66. The van der Waals surface area contributed by atoms with Gasteiger partial charge in [0, 0.05) is 37.2 Å². The molecular weight excluding hydrogens is 302 g/mol. The van der Waals surface area contributed by atoms with Crippen LogP contribution in [0.3, 0.4) is 0 Å². The van der Waals surface area contributed by atoms with E-state index in [1.54, 1.807) is 17.1 Å². The van der Waals surface area contributed by atoms with Crippen molar-refractivity contribution in [3.05, 3.63) is 66.1 Å². The SMILES string of the molecule is Cc1ccccc1NC(=O)NCc1ccc(-c2cnn(C)c2)nc1. The van der Waals surface area contributed by atoms with Crippen molar-refractivity contribution in [3.8, 4) is 11.3 Å². The highest BCUT2D eigenvalue weighted by Crippen LogP contribution is 2.16. The zero-order valence-corrected chi connectivity index (χ0v) is 13.7. The number of nitrogens with zero attached hydrogens (tertiary/aromatic N) is 3. The Hall–Kier alpha value is -3.15. The van der Waals surface area contributed by atoms with Gasteiger partial charge in [-0.15, -0.1) is 0 Å². The van der Waals surface area contributed by atoms with Crippen LogP contribution in [0.2, 0.25) is 0 Å². The first kappa shape index (κ1) is 15.7. The molecule has 0 saturated heterocycles. The molecule has 3 rings (SSSR count). The number of hydrogen-bond donors (Lipinski definition) is 2. The van der Waals surface area contributed by atoms with Gasteiger partial charge < -0.3 is 10.6 Å². The van der Waals surface area contributed by atoms with Crippen molar-refractivity contribution < 1.29 is 4.79 Å². The molecule has 0 spiro atoms. The third kappa shape index (κ3) is 3.78. The number of nitrogens with one attached hydrogen (secondary N) is 2. The molecule has 0 atom stereocenters. The zero-order chi connectivity index (χ0) is 16.9. The molecule has 2 aromatic heterocycles. The highest BCUT2D eigenvalue weighted by atomic mass is 16.2. The van der Waals surface area contributed by atoms with E-state index in [0.29, 0.717) is 6.54 Å². The van der Waals surface area contributed by atoms with Crippen molar-refractivity contribution >= 4 is 11.7 Å². The van der Waals surface area contributed by atoms with E-state index in [2.05, 4.69) is 20.7 Å². The number of carbonyl (C=O) groups is 1. The van der Waals surface area contributed by atoms with Crippen molar-refractivity contribution in [3.63, 3.8) is 0 Å². The number of carbonyl (C=O) groups excluding carboxylic acids is 1. The molecule has 0 bridgehead atoms. The van der Waals surface area contributed by atoms with Gasteiger partial charge in [-0.25, -0.2) is 4.79 Å². The summed E-state index contributed by atoms with van der Waals surface area (Å²) >= 11 is 0. The Labute approximate surface area is 140 Å². The average Bonchev–Trinajstić information content (AvgIpc) is 3.02. The maximum Gasteiger partial charge on any atom is 0.319 e. The smallest absolute Gasteiger partial charge is 0.319 e. The van der Waals surface area contributed by atoms with Crippen molar-refractivity contribution in [2.45, 2.75) is 13.5 Å². The summed E-state index contributed by atoms with van der Waals surface area (Å²) in [4.78, 5) is 16.4. The first-order valence-corrected chi connectivity index (χ1v) is 7.66. The molecule has 2 amide bonds. The minimum absolute atomic E-state index is 0.236. The fourth-order valence-corrected chi connectivity index (χ4v) is 2.32. The summed E-state index contributed by atoms with van der Waals surface area (Å²) in [5.74, 6) is 0. The lowest BCUT2D eigenvalue weighted by molar-refractivity contribution is 0.251. The lowest BCUT2D eigenvalue weighted by Gasteiger charge is -2.09. The summed E-state index contributed by atoms with van der Waals surface area (Å²) in [7, 11) is 1.87. The Balaban J connectivity index is 1.57. The summed E-state index contributed by atoms with van der Waals surface area (Å²) in [6.07, 6.45) is 5.45. The Morgan fingerprint density at radius 2 is 2.00 bits per heavy atom. The Morgan fingerprint density at radius 3 is 2.67 bits per heavy atom. The third-order valence-corrected chi connectivity index (χ3v) is 3.67. The van der Waals surface area contributed by atoms with Crippen LogP contribution in [-0.4, -0.2) is 20.8 Å². The molecule has 0 fully saturated rings. The second-order valence-corrected chi connectivity index (χ2v) is 5.58. The van der Waals surface area contributed by atoms with Crippen LogP contribution in [0.4, 0.5) is 10.5 Å². The van der Waals surface area contributed by atoms with E-state index in [1.165, 1.54) is 0 Å². The van der Waals surface area contributed by atoms with Crippen LogP contribution in [0.1, 0.15) is 11.1 Å². The molecule has 3 aromatic rings. The van der Waals surface area contributed by atoms with Gasteiger partial charge in [0.2, 0.25) is 0 Å². The van der Waals surface area contributed by atoms with Crippen LogP contribution in [0.25, 0.3) is 11.3 Å². The number of anilines is 1. The van der Waals surface area contributed by atoms with E-state index in [9.17, 15) is 4.79 Å². The molecule has 24 heavy (non-hydrogen) atoms. The summed E-state index contributed by atoms with van der Waals surface area (Å²) < 4.78 is 1.74. The van der Waals surface area contributed by atoms with Gasteiger partial charge in [0.25, 0.3) is 0 Å². The summed E-state index contributed by atoms with van der Waals surface area (Å²) in [5.41, 5.74) is 4.59. The third-order valence-electron chi connectivity index (χ3n) is 3.67. The number of amides is 2. The summed E-state index contributed by atoms with van der Waals surface area (Å²) in [6, 6.07) is 11.3. The second kappa shape index (κ2) is 6.95. The Morgan fingerprint density at radius 1 is 1.17 bits per heavy atom. The topological polar surface area (TPSA) is 71.8 Å². The van der Waals surface area contributed by atoms with Gasteiger partial charge in [0.15, 0.2) is 0 Å². The predicted molar refractivity (Wildman–Crippen MR) is 93.5 cm³/mol. The average molecular weight is 321 g/mol. The number of aromatic nitrogens is 3. The van der Waals surface area contributed by atoms with Gasteiger partial charge in [-0.05, 0) is 30.2 Å². The fraction of sp³-hybridized carbons (Fsp3) is 0.167. The van der Waals surface area contributed by atoms with Gasteiger partial charge in [-0.3, -0.25) is 9.67 Å². The Kier molecular flexibility index (Phi) is 4.56. The predicted octanol–water partition coefficient (Wildman–Crippen LogP) is 3.11. The molecule has 6 heteroatoms. The summed E-state index contributed by atoms with van der Waals surface area (Å²) in [6.45, 7) is 2.37. The highest BCUT2D eigenvalue weighted by molar-refractivity contribution is 5.89. The maximum absolute atomic E-state index is 12.0. The van der Waals surface area contributed by atoms with Crippen molar-refractivity contribution in [2.75, 3.05) is 5.32 Å². The van der Waals surface area contributed by atoms with E-state index >= 15 is 0 Å². The molecule has 0 aliphatic carbocycles. The molecule has 0 aliphatic rings. The van der Waals surface area contributed by atoms with Crippen molar-refractivity contribution in [1.82, 2.24) is 20.1 Å². The number of urea groups is 1. The maximum atomic E-state index is 12.0. The molecular formula is C18H19N5O. The van der Waals surface area contributed by atoms with Crippen LogP contribution in [-0.2, 0) is 13.6 Å². The van der Waals surface area contributed by atoms with E-state index in [1.807, 2.05) is 56.6 Å². The molecule has 0 unspecified atom stereocenters. The number of pyridine rings is 1. The van der Waals surface area contributed by atoms with Crippen LogP contribution in [0.5, 0.6) is 0 Å². The van der Waals surface area contributed by atoms with Crippen LogP contribution < -0.4 is 10.6 Å². The molecule has 1 aromatic carbocycles. The number of benzene rings is 1. The summed E-state index contributed by atoms with van der Waals surface area (Å²) in [5, 5.41) is 9.80. The largest absolute Gasteiger partial charge is 0.334 e. The molecule has 6 nitrogen and oxygen atoms in total. The van der Waals surface area contributed by atoms with Gasteiger partial charge >= 0.3 is 6.03 Å². The van der Waals surface area contributed by atoms with Gasteiger partial charge in [-0.2, -0.15) is 5.10 Å². The number of para-hydroxylation sites is 1.